The van der Waals surface area contributed by atoms with Crippen LogP contribution < -0.4 is 10.2 Å². The Bertz CT molecular complexity index is 770. The van der Waals surface area contributed by atoms with Gasteiger partial charge < -0.3 is 15.3 Å². The van der Waals surface area contributed by atoms with Gasteiger partial charge in [-0.05, 0) is 49.2 Å². The van der Waals surface area contributed by atoms with Gasteiger partial charge in [0.15, 0.2) is 0 Å². The van der Waals surface area contributed by atoms with Crippen LogP contribution in [0.4, 0.5) is 5.69 Å². The fraction of sp³-hybridized carbons (Fsp3) is 0.263. The Labute approximate surface area is 140 Å². The van der Waals surface area contributed by atoms with Crippen LogP contribution in [-0.4, -0.2) is 23.0 Å². The van der Waals surface area contributed by atoms with Crippen LogP contribution >= 0.6 is 0 Å². The molecule has 0 saturated heterocycles. The number of nitrogens with one attached hydrogen (secondary N) is 1. The van der Waals surface area contributed by atoms with Gasteiger partial charge in [0, 0.05) is 24.2 Å². The number of carbonyl (C=O) groups excluding carboxylic acids is 2. The molecule has 0 bridgehead atoms. The summed E-state index contributed by atoms with van der Waals surface area (Å²) in [5, 5.41) is 12.4. The second kappa shape index (κ2) is 6.35. The minimum atomic E-state index is -0.115. The number of para-hydroxylation sites is 1. The fourth-order valence-corrected chi connectivity index (χ4v) is 3.25. The van der Waals surface area contributed by atoms with Crippen molar-refractivity contribution in [3.05, 3.63) is 59.7 Å². The van der Waals surface area contributed by atoms with Crippen LogP contribution in [0.25, 0.3) is 0 Å². The van der Waals surface area contributed by atoms with Crippen molar-refractivity contribution in [3.8, 4) is 5.75 Å². The molecule has 1 aliphatic heterocycles. The summed E-state index contributed by atoms with van der Waals surface area (Å²) in [5.74, 6) is -0.0686. The van der Waals surface area contributed by atoms with Crippen LogP contribution in [0.2, 0.25) is 0 Å². The van der Waals surface area contributed by atoms with Crippen LogP contribution in [0.5, 0.6) is 5.75 Å². The summed E-state index contributed by atoms with van der Waals surface area (Å²) < 4.78 is 0. The Balaban J connectivity index is 2.00. The molecule has 124 valence electrons. The molecular formula is C19H20N2O3. The summed E-state index contributed by atoms with van der Waals surface area (Å²) in [7, 11) is 0. The average Bonchev–Trinajstić information content (AvgIpc) is 2.54. The monoisotopic (exact) mass is 324 g/mol. The molecule has 2 amide bonds. The third-order valence-corrected chi connectivity index (χ3v) is 4.30. The molecule has 2 N–H and O–H groups in total. The van der Waals surface area contributed by atoms with E-state index in [9.17, 15) is 14.7 Å². The van der Waals surface area contributed by atoms with E-state index in [1.807, 2.05) is 31.2 Å². The predicted molar refractivity (Wildman–Crippen MR) is 92.0 cm³/mol. The Kier molecular flexibility index (Phi) is 4.25. The van der Waals surface area contributed by atoms with Gasteiger partial charge in [-0.1, -0.05) is 18.2 Å². The maximum atomic E-state index is 13.0. The number of phenolic OH excluding ortho intramolecular Hbond substituents is 1. The molecule has 0 fully saturated rings. The van der Waals surface area contributed by atoms with E-state index in [4.69, 9.17) is 0 Å². The lowest BCUT2D eigenvalue weighted by Crippen LogP contribution is -2.46. The lowest BCUT2D eigenvalue weighted by Gasteiger charge is -2.39. The number of benzene rings is 2. The number of phenols is 1. The smallest absolute Gasteiger partial charge is 0.258 e. The highest BCUT2D eigenvalue weighted by atomic mass is 16.3. The SMILES string of the molecule is CC(=O)NC1CC(C)N(C(=O)c2ccc(O)cc2)c2ccccc21. The van der Waals surface area contributed by atoms with Crippen molar-refractivity contribution in [1.82, 2.24) is 5.32 Å². The first-order chi connectivity index (χ1) is 11.5. The number of hydrogen-bond donors (Lipinski definition) is 2. The molecule has 0 aliphatic carbocycles. The lowest BCUT2D eigenvalue weighted by atomic mass is 9.91. The van der Waals surface area contributed by atoms with E-state index in [0.717, 1.165) is 11.3 Å². The second-order valence-electron chi connectivity index (χ2n) is 6.12. The number of fused-ring (bicyclic) bond motifs is 1. The van der Waals surface area contributed by atoms with E-state index in [0.29, 0.717) is 12.0 Å². The maximum absolute atomic E-state index is 13.0. The summed E-state index contributed by atoms with van der Waals surface area (Å²) in [4.78, 5) is 26.2. The van der Waals surface area contributed by atoms with E-state index in [-0.39, 0.29) is 29.6 Å². The Morgan fingerprint density at radius 3 is 2.46 bits per heavy atom. The molecule has 5 nitrogen and oxygen atoms in total. The molecule has 0 spiro atoms. The molecule has 0 radical (unpaired) electrons. The molecule has 2 aromatic carbocycles. The molecule has 0 saturated carbocycles. The summed E-state index contributed by atoms with van der Waals surface area (Å²) in [6, 6.07) is 13.7. The highest BCUT2D eigenvalue weighted by Gasteiger charge is 2.34. The largest absolute Gasteiger partial charge is 0.508 e. The zero-order valence-electron chi connectivity index (χ0n) is 13.7. The Hall–Kier alpha value is -2.82. The molecule has 0 aromatic heterocycles. The molecule has 1 heterocycles. The fourth-order valence-electron chi connectivity index (χ4n) is 3.25. The van der Waals surface area contributed by atoms with Gasteiger partial charge in [-0.15, -0.1) is 0 Å². The topological polar surface area (TPSA) is 69.6 Å². The maximum Gasteiger partial charge on any atom is 0.258 e. The van der Waals surface area contributed by atoms with Crippen molar-refractivity contribution in [1.29, 1.82) is 0 Å². The van der Waals surface area contributed by atoms with Crippen molar-refractivity contribution >= 4 is 17.5 Å². The molecule has 2 aromatic rings. The summed E-state index contributed by atoms with van der Waals surface area (Å²) in [5.41, 5.74) is 2.28. The van der Waals surface area contributed by atoms with Crippen molar-refractivity contribution in [2.24, 2.45) is 0 Å². The van der Waals surface area contributed by atoms with Gasteiger partial charge in [-0.3, -0.25) is 9.59 Å². The predicted octanol–water partition coefficient (Wildman–Crippen LogP) is 3.01. The third kappa shape index (κ3) is 2.97. The van der Waals surface area contributed by atoms with Crippen molar-refractivity contribution in [3.63, 3.8) is 0 Å². The average molecular weight is 324 g/mol. The van der Waals surface area contributed by atoms with Crippen LogP contribution in [0, 0.1) is 0 Å². The highest BCUT2D eigenvalue weighted by Crippen LogP contribution is 2.37. The van der Waals surface area contributed by atoms with Crippen LogP contribution in [-0.2, 0) is 4.79 Å². The number of amides is 2. The van der Waals surface area contributed by atoms with Gasteiger partial charge >= 0.3 is 0 Å². The first-order valence-electron chi connectivity index (χ1n) is 7.96. The van der Waals surface area contributed by atoms with E-state index in [1.165, 1.54) is 19.1 Å². The van der Waals surface area contributed by atoms with Gasteiger partial charge in [0.1, 0.15) is 5.75 Å². The number of anilines is 1. The standard InChI is InChI=1S/C19H20N2O3/c1-12-11-17(20-13(2)22)16-5-3-4-6-18(16)21(12)19(24)14-7-9-15(23)10-8-14/h3-10,12,17,23H,11H2,1-2H3,(H,20,22). The van der Waals surface area contributed by atoms with Gasteiger partial charge in [0.2, 0.25) is 5.91 Å². The first kappa shape index (κ1) is 16.1. The van der Waals surface area contributed by atoms with Crippen molar-refractivity contribution in [2.45, 2.75) is 32.4 Å². The molecular weight excluding hydrogens is 304 g/mol. The van der Waals surface area contributed by atoms with E-state index < -0.39 is 0 Å². The highest BCUT2D eigenvalue weighted by molar-refractivity contribution is 6.07. The van der Waals surface area contributed by atoms with E-state index >= 15 is 0 Å². The van der Waals surface area contributed by atoms with Crippen molar-refractivity contribution in [2.75, 3.05) is 4.90 Å². The zero-order valence-corrected chi connectivity index (χ0v) is 13.7. The van der Waals surface area contributed by atoms with E-state index in [1.54, 1.807) is 17.0 Å². The number of rotatable bonds is 2. The normalized spacial score (nSPS) is 19.5. The van der Waals surface area contributed by atoms with Gasteiger partial charge in [0.05, 0.1) is 6.04 Å². The quantitative estimate of drug-likeness (QED) is 0.892. The van der Waals surface area contributed by atoms with E-state index in [2.05, 4.69) is 5.32 Å². The second-order valence-corrected chi connectivity index (χ2v) is 6.12. The lowest BCUT2D eigenvalue weighted by molar-refractivity contribution is -0.119. The molecule has 1 aliphatic rings. The molecule has 2 unspecified atom stereocenters. The number of nitrogens with zero attached hydrogens (tertiary/aromatic N) is 1. The minimum Gasteiger partial charge on any atom is -0.508 e. The summed E-state index contributed by atoms with van der Waals surface area (Å²) in [6.45, 7) is 3.48. The first-order valence-corrected chi connectivity index (χ1v) is 7.96. The number of carbonyl (C=O) groups is 2. The van der Waals surface area contributed by atoms with Gasteiger partial charge in [-0.2, -0.15) is 0 Å². The van der Waals surface area contributed by atoms with Gasteiger partial charge in [0.25, 0.3) is 5.91 Å². The number of hydrogen-bond acceptors (Lipinski definition) is 3. The molecule has 2 atom stereocenters. The van der Waals surface area contributed by atoms with Crippen LogP contribution in [0.1, 0.15) is 42.2 Å². The Morgan fingerprint density at radius 1 is 1.12 bits per heavy atom. The summed E-state index contributed by atoms with van der Waals surface area (Å²) >= 11 is 0. The minimum absolute atomic E-state index is 0.0574. The van der Waals surface area contributed by atoms with Crippen molar-refractivity contribution < 1.29 is 14.7 Å². The van der Waals surface area contributed by atoms with Crippen LogP contribution in [0.15, 0.2) is 48.5 Å². The van der Waals surface area contributed by atoms with Crippen LogP contribution in [0.3, 0.4) is 0 Å². The molecule has 3 rings (SSSR count). The van der Waals surface area contributed by atoms with Gasteiger partial charge in [-0.25, -0.2) is 0 Å². The summed E-state index contributed by atoms with van der Waals surface area (Å²) in [6.07, 6.45) is 0.653. The third-order valence-electron chi connectivity index (χ3n) is 4.30. The molecule has 5 heteroatoms. The zero-order chi connectivity index (χ0) is 17.3. The Morgan fingerprint density at radius 2 is 1.79 bits per heavy atom. The molecule has 24 heavy (non-hydrogen) atoms. The number of aromatic hydroxyl groups is 1.